The minimum absolute atomic E-state index is 0.832. The Labute approximate surface area is 118 Å². The molecule has 0 amide bonds. The topological polar surface area (TPSA) is 42.7 Å². The minimum Gasteiger partial charge on any atom is -0.338 e. The lowest BCUT2D eigenvalue weighted by molar-refractivity contribution is 0.656. The van der Waals surface area contributed by atoms with Crippen molar-refractivity contribution in [2.24, 2.45) is 7.05 Å². The molecule has 0 atom stereocenters. The Bertz CT molecular complexity index is 697. The number of benzene rings is 1. The fourth-order valence-electron chi connectivity index (χ4n) is 2.38. The minimum atomic E-state index is 0.832. The van der Waals surface area contributed by atoms with E-state index >= 15 is 0 Å². The molecule has 0 unspecified atom stereocenters. The van der Waals surface area contributed by atoms with E-state index in [1.807, 2.05) is 37.9 Å². The van der Waals surface area contributed by atoms with Gasteiger partial charge in [0, 0.05) is 56.7 Å². The first kappa shape index (κ1) is 12.8. The van der Waals surface area contributed by atoms with Crippen molar-refractivity contribution in [3.63, 3.8) is 0 Å². The second-order valence-electron chi connectivity index (χ2n) is 4.90. The van der Waals surface area contributed by atoms with Crippen molar-refractivity contribution in [2.75, 3.05) is 6.54 Å². The number of nitrogens with zero attached hydrogens (tertiary/aromatic N) is 3. The lowest BCUT2D eigenvalue weighted by Crippen LogP contribution is -2.18. The van der Waals surface area contributed by atoms with Crippen molar-refractivity contribution in [3.8, 4) is 0 Å². The van der Waals surface area contributed by atoms with Crippen LogP contribution in [0.15, 0.2) is 49.1 Å². The average molecular weight is 266 g/mol. The Morgan fingerprint density at radius 3 is 2.95 bits per heavy atom. The van der Waals surface area contributed by atoms with Gasteiger partial charge < -0.3 is 9.88 Å². The zero-order valence-corrected chi connectivity index (χ0v) is 11.6. The molecule has 0 bridgehead atoms. The predicted molar refractivity (Wildman–Crippen MR) is 80.4 cm³/mol. The van der Waals surface area contributed by atoms with Gasteiger partial charge in [0.2, 0.25) is 0 Å². The number of aromatic nitrogens is 3. The Hall–Kier alpha value is -2.20. The first-order chi connectivity index (χ1) is 9.84. The molecule has 0 aliphatic rings. The van der Waals surface area contributed by atoms with Gasteiger partial charge in [-0.05, 0) is 10.9 Å². The van der Waals surface area contributed by atoms with E-state index in [0.29, 0.717) is 0 Å². The SMILES string of the molecule is Cn1ccnc1CCNCc1cncc2ccccc12. The molecule has 0 radical (unpaired) electrons. The van der Waals surface area contributed by atoms with Gasteiger partial charge in [0.05, 0.1) is 0 Å². The molecule has 0 saturated carbocycles. The van der Waals surface area contributed by atoms with Gasteiger partial charge in [-0.15, -0.1) is 0 Å². The number of fused-ring (bicyclic) bond motifs is 1. The highest BCUT2D eigenvalue weighted by Gasteiger charge is 2.02. The second kappa shape index (κ2) is 5.84. The predicted octanol–water partition coefficient (Wildman–Crippen LogP) is 2.30. The first-order valence-corrected chi connectivity index (χ1v) is 6.83. The van der Waals surface area contributed by atoms with Gasteiger partial charge in [-0.3, -0.25) is 4.98 Å². The van der Waals surface area contributed by atoms with Gasteiger partial charge >= 0.3 is 0 Å². The summed E-state index contributed by atoms with van der Waals surface area (Å²) in [5.41, 5.74) is 1.24. The van der Waals surface area contributed by atoms with Crippen LogP contribution in [0.25, 0.3) is 10.8 Å². The molecule has 0 spiro atoms. The van der Waals surface area contributed by atoms with Crippen LogP contribution in [0.2, 0.25) is 0 Å². The van der Waals surface area contributed by atoms with Crippen LogP contribution in [0.5, 0.6) is 0 Å². The molecule has 2 aromatic heterocycles. The van der Waals surface area contributed by atoms with Crippen LogP contribution in [-0.4, -0.2) is 21.1 Å². The van der Waals surface area contributed by atoms with E-state index in [1.165, 1.54) is 16.3 Å². The van der Waals surface area contributed by atoms with Crippen molar-refractivity contribution in [3.05, 3.63) is 60.4 Å². The summed E-state index contributed by atoms with van der Waals surface area (Å²) in [6.45, 7) is 1.74. The van der Waals surface area contributed by atoms with Crippen LogP contribution >= 0.6 is 0 Å². The summed E-state index contributed by atoms with van der Waals surface area (Å²) in [5.74, 6) is 1.11. The van der Waals surface area contributed by atoms with E-state index in [-0.39, 0.29) is 0 Å². The van der Waals surface area contributed by atoms with E-state index < -0.39 is 0 Å². The average Bonchev–Trinajstić information content (AvgIpc) is 2.89. The van der Waals surface area contributed by atoms with Crippen LogP contribution in [0.1, 0.15) is 11.4 Å². The molecule has 102 valence electrons. The third kappa shape index (κ3) is 2.70. The molecule has 0 saturated heterocycles. The van der Waals surface area contributed by atoms with E-state index in [4.69, 9.17) is 0 Å². The maximum absolute atomic E-state index is 4.32. The number of imidazole rings is 1. The summed E-state index contributed by atoms with van der Waals surface area (Å²) < 4.78 is 2.06. The molecule has 1 N–H and O–H groups in total. The van der Waals surface area contributed by atoms with Gasteiger partial charge in [-0.25, -0.2) is 4.98 Å². The monoisotopic (exact) mass is 266 g/mol. The van der Waals surface area contributed by atoms with Crippen LogP contribution in [-0.2, 0) is 20.0 Å². The molecule has 3 rings (SSSR count). The van der Waals surface area contributed by atoms with E-state index in [2.05, 4.69) is 38.1 Å². The largest absolute Gasteiger partial charge is 0.338 e. The molecular weight excluding hydrogens is 248 g/mol. The van der Waals surface area contributed by atoms with E-state index in [9.17, 15) is 0 Å². The third-order valence-corrected chi connectivity index (χ3v) is 3.51. The first-order valence-electron chi connectivity index (χ1n) is 6.83. The maximum Gasteiger partial charge on any atom is 0.109 e. The van der Waals surface area contributed by atoms with Crippen molar-refractivity contribution in [1.82, 2.24) is 19.9 Å². The van der Waals surface area contributed by atoms with Gasteiger partial charge in [0.15, 0.2) is 0 Å². The Balaban J connectivity index is 1.62. The number of hydrogen-bond acceptors (Lipinski definition) is 3. The Morgan fingerprint density at radius 2 is 2.10 bits per heavy atom. The van der Waals surface area contributed by atoms with Crippen LogP contribution < -0.4 is 5.32 Å². The molecule has 0 fully saturated rings. The van der Waals surface area contributed by atoms with Crippen LogP contribution in [0, 0.1) is 0 Å². The fourth-order valence-corrected chi connectivity index (χ4v) is 2.38. The van der Waals surface area contributed by atoms with Gasteiger partial charge in [-0.2, -0.15) is 0 Å². The van der Waals surface area contributed by atoms with Gasteiger partial charge in [0.1, 0.15) is 5.82 Å². The Morgan fingerprint density at radius 1 is 1.20 bits per heavy atom. The standard InChI is InChI=1S/C16H18N4/c1-20-9-8-19-16(20)6-7-17-11-14-12-18-10-13-4-2-3-5-15(13)14/h2-5,8-10,12,17H,6-7,11H2,1H3. The lowest BCUT2D eigenvalue weighted by Gasteiger charge is -2.08. The molecule has 20 heavy (non-hydrogen) atoms. The Kier molecular flexibility index (Phi) is 3.74. The zero-order chi connectivity index (χ0) is 13.8. The number of pyridine rings is 1. The summed E-state index contributed by atoms with van der Waals surface area (Å²) in [4.78, 5) is 8.62. The summed E-state index contributed by atoms with van der Waals surface area (Å²) in [6, 6.07) is 8.36. The number of aryl methyl sites for hydroxylation is 1. The summed E-state index contributed by atoms with van der Waals surface area (Å²) in [6.07, 6.45) is 8.60. The van der Waals surface area contributed by atoms with Crippen molar-refractivity contribution < 1.29 is 0 Å². The fraction of sp³-hybridized carbons (Fsp3) is 0.250. The normalized spacial score (nSPS) is 11.1. The quantitative estimate of drug-likeness (QED) is 0.721. The number of rotatable bonds is 5. The molecule has 3 aromatic rings. The van der Waals surface area contributed by atoms with E-state index in [0.717, 1.165) is 25.3 Å². The van der Waals surface area contributed by atoms with Gasteiger partial charge in [0.25, 0.3) is 0 Å². The molecule has 0 aliphatic carbocycles. The van der Waals surface area contributed by atoms with Crippen LogP contribution in [0.4, 0.5) is 0 Å². The molecule has 4 nitrogen and oxygen atoms in total. The third-order valence-electron chi connectivity index (χ3n) is 3.51. The van der Waals surface area contributed by atoms with Crippen molar-refractivity contribution in [2.45, 2.75) is 13.0 Å². The molecule has 4 heteroatoms. The highest BCUT2D eigenvalue weighted by molar-refractivity contribution is 5.84. The maximum atomic E-state index is 4.32. The number of hydrogen-bond donors (Lipinski definition) is 1. The molecule has 2 heterocycles. The second-order valence-corrected chi connectivity index (χ2v) is 4.90. The van der Waals surface area contributed by atoms with Crippen LogP contribution in [0.3, 0.4) is 0 Å². The van der Waals surface area contributed by atoms with E-state index in [1.54, 1.807) is 0 Å². The highest BCUT2D eigenvalue weighted by Crippen LogP contribution is 2.16. The summed E-state index contributed by atoms with van der Waals surface area (Å²) >= 11 is 0. The molecule has 0 aliphatic heterocycles. The summed E-state index contributed by atoms with van der Waals surface area (Å²) in [7, 11) is 2.02. The molecular formula is C16H18N4. The lowest BCUT2D eigenvalue weighted by atomic mass is 10.1. The van der Waals surface area contributed by atoms with Crippen molar-refractivity contribution in [1.29, 1.82) is 0 Å². The summed E-state index contributed by atoms with van der Waals surface area (Å²) in [5, 5.41) is 5.93. The molecule has 1 aromatic carbocycles. The van der Waals surface area contributed by atoms with Gasteiger partial charge in [-0.1, -0.05) is 24.3 Å². The number of nitrogens with one attached hydrogen (secondary N) is 1. The zero-order valence-electron chi connectivity index (χ0n) is 11.6. The van der Waals surface area contributed by atoms with Crippen molar-refractivity contribution >= 4 is 10.8 Å². The smallest absolute Gasteiger partial charge is 0.109 e. The highest BCUT2D eigenvalue weighted by atomic mass is 15.0.